The van der Waals surface area contributed by atoms with Gasteiger partial charge in [-0.05, 0) is 42.0 Å². The fourth-order valence-corrected chi connectivity index (χ4v) is 5.11. The van der Waals surface area contributed by atoms with Crippen molar-refractivity contribution >= 4 is 27.8 Å². The smallest absolute Gasteiger partial charge is 0.407 e. The number of amides is 2. The highest BCUT2D eigenvalue weighted by Crippen LogP contribution is 2.34. The number of nitrogens with zero attached hydrogens (tertiary/aromatic N) is 1. The summed E-state index contributed by atoms with van der Waals surface area (Å²) in [5.41, 5.74) is 7.60. The molecular weight excluding hydrogens is 536 g/mol. The minimum absolute atomic E-state index is 0.0300. The summed E-state index contributed by atoms with van der Waals surface area (Å²) in [6.45, 7) is 2.27. The third-order valence-corrected chi connectivity index (χ3v) is 7.35. The van der Waals surface area contributed by atoms with E-state index >= 15 is 0 Å². The highest BCUT2D eigenvalue weighted by Gasteiger charge is 2.43. The predicted octanol–water partition coefficient (Wildman–Crippen LogP) is 0.297. The van der Waals surface area contributed by atoms with Gasteiger partial charge in [0.15, 0.2) is 23.3 Å². The Morgan fingerprint density at radius 2 is 1.87 bits per heavy atom. The van der Waals surface area contributed by atoms with Gasteiger partial charge in [-0.3, -0.25) is 14.8 Å². The van der Waals surface area contributed by atoms with Crippen molar-refractivity contribution in [3.05, 3.63) is 60.7 Å². The van der Waals surface area contributed by atoms with Crippen LogP contribution in [0.4, 0.5) is 4.79 Å². The first-order valence-electron chi connectivity index (χ1n) is 11.4. The molecule has 5 N–H and O–H groups in total. The van der Waals surface area contributed by atoms with E-state index in [2.05, 4.69) is 11.9 Å². The van der Waals surface area contributed by atoms with Crippen LogP contribution in [0.2, 0.25) is 0 Å². The van der Waals surface area contributed by atoms with Gasteiger partial charge in [0.1, 0.15) is 12.4 Å². The van der Waals surface area contributed by atoms with E-state index in [-0.39, 0.29) is 18.3 Å². The molecule has 0 spiro atoms. The molecule has 0 saturated heterocycles. The number of fused-ring (bicyclic) bond motifs is 1. The summed E-state index contributed by atoms with van der Waals surface area (Å²) >= 11 is 0. The van der Waals surface area contributed by atoms with Crippen LogP contribution < -0.4 is 30.7 Å². The maximum Gasteiger partial charge on any atom is 0.407 e. The SMILES string of the molecule is C=CCOC(=O)NCC(N)C(=O)[C@H](C(=O)NO)N(Cc1ccc2c(c1)OCO2)S(=O)(=O)c1ccc(OC)cc1. The van der Waals surface area contributed by atoms with E-state index in [0.29, 0.717) is 27.1 Å². The number of sulfonamides is 1. The first-order valence-corrected chi connectivity index (χ1v) is 12.9. The zero-order chi connectivity index (χ0) is 28.6. The number of rotatable bonds is 13. The average Bonchev–Trinajstić information content (AvgIpc) is 3.42. The molecule has 0 bridgehead atoms. The molecule has 210 valence electrons. The molecule has 1 unspecified atom stereocenters. The maximum absolute atomic E-state index is 13.8. The number of carbonyl (C=O) groups is 3. The molecular formula is C24H28N4O10S. The maximum atomic E-state index is 13.8. The van der Waals surface area contributed by atoms with Crippen molar-refractivity contribution in [2.45, 2.75) is 23.5 Å². The molecule has 14 nitrogen and oxygen atoms in total. The van der Waals surface area contributed by atoms with E-state index in [1.807, 2.05) is 0 Å². The van der Waals surface area contributed by atoms with E-state index in [0.717, 1.165) is 0 Å². The topological polar surface area (TPSA) is 196 Å². The molecule has 0 saturated carbocycles. The molecule has 1 aliphatic heterocycles. The Hall–Kier alpha value is -4.18. The standard InChI is InChI=1S/C24H28N4O10S/c1-3-10-36-24(31)26-12-18(25)22(29)21(23(30)27-32)28(13-15-4-9-19-20(11-15)38-14-37-19)39(33,34)17-7-5-16(35-2)6-8-17/h3-9,11,18,21,32H,1,10,12-14,25H2,2H3,(H,26,31)(H,27,30)/t18?,21-/m1/s1. The molecule has 3 rings (SSSR count). The molecule has 15 heteroatoms. The van der Waals surface area contributed by atoms with Crippen LogP contribution in [0.15, 0.2) is 60.0 Å². The molecule has 0 radical (unpaired) electrons. The normalized spacial score (nSPS) is 13.7. The molecule has 2 atom stereocenters. The number of alkyl carbamates (subject to hydrolysis) is 1. The van der Waals surface area contributed by atoms with Crippen LogP contribution in [-0.2, 0) is 30.9 Å². The number of Topliss-reactive ketones (excluding diaryl/α,β-unsaturated/α-hetero) is 1. The second-order valence-corrected chi connectivity index (χ2v) is 9.96. The zero-order valence-corrected chi connectivity index (χ0v) is 21.7. The molecule has 0 aromatic heterocycles. The number of benzene rings is 2. The Morgan fingerprint density at radius 3 is 2.51 bits per heavy atom. The summed E-state index contributed by atoms with van der Waals surface area (Å²) in [5.74, 6) is -1.33. The largest absolute Gasteiger partial charge is 0.497 e. The van der Waals surface area contributed by atoms with Gasteiger partial charge in [-0.1, -0.05) is 18.7 Å². The summed E-state index contributed by atoms with van der Waals surface area (Å²) in [6.07, 6.45) is 0.411. The third kappa shape index (κ3) is 7.02. The van der Waals surface area contributed by atoms with Crippen LogP contribution >= 0.6 is 0 Å². The fraction of sp³-hybridized carbons (Fsp3) is 0.292. The number of nitrogens with one attached hydrogen (secondary N) is 2. The van der Waals surface area contributed by atoms with Crippen LogP contribution in [0.25, 0.3) is 0 Å². The predicted molar refractivity (Wildman–Crippen MR) is 135 cm³/mol. The van der Waals surface area contributed by atoms with Crippen LogP contribution in [0, 0.1) is 0 Å². The fourth-order valence-electron chi connectivity index (χ4n) is 3.56. The van der Waals surface area contributed by atoms with Crippen molar-refractivity contribution in [1.82, 2.24) is 15.1 Å². The van der Waals surface area contributed by atoms with Gasteiger partial charge in [0.2, 0.25) is 16.8 Å². The van der Waals surface area contributed by atoms with Gasteiger partial charge < -0.3 is 30.0 Å². The van der Waals surface area contributed by atoms with Crippen molar-refractivity contribution in [2.24, 2.45) is 5.73 Å². The lowest BCUT2D eigenvalue weighted by Crippen LogP contribution is -2.58. The monoisotopic (exact) mass is 564 g/mol. The van der Waals surface area contributed by atoms with Gasteiger partial charge in [0, 0.05) is 13.1 Å². The first-order chi connectivity index (χ1) is 18.6. The van der Waals surface area contributed by atoms with Gasteiger partial charge >= 0.3 is 6.09 Å². The lowest BCUT2D eigenvalue weighted by Gasteiger charge is -2.30. The van der Waals surface area contributed by atoms with Crippen LogP contribution in [-0.4, -0.2) is 74.9 Å². The number of methoxy groups -OCH3 is 1. The molecule has 2 aromatic carbocycles. The Bertz CT molecular complexity index is 1320. The van der Waals surface area contributed by atoms with Crippen molar-refractivity contribution in [2.75, 3.05) is 27.1 Å². The number of ketones is 1. The number of carbonyl (C=O) groups excluding carboxylic acids is 3. The Kier molecular flexibility index (Phi) is 9.84. The third-order valence-electron chi connectivity index (χ3n) is 5.52. The molecule has 39 heavy (non-hydrogen) atoms. The highest BCUT2D eigenvalue weighted by atomic mass is 32.2. The van der Waals surface area contributed by atoms with Crippen LogP contribution in [0.1, 0.15) is 5.56 Å². The lowest BCUT2D eigenvalue weighted by molar-refractivity contribution is -0.140. The summed E-state index contributed by atoms with van der Waals surface area (Å²) in [5, 5.41) is 11.7. The summed E-state index contributed by atoms with van der Waals surface area (Å²) in [6, 6.07) is 6.12. The zero-order valence-electron chi connectivity index (χ0n) is 20.9. The minimum atomic E-state index is -4.58. The van der Waals surface area contributed by atoms with E-state index in [9.17, 15) is 28.0 Å². The quantitative estimate of drug-likeness (QED) is 0.113. The summed E-state index contributed by atoms with van der Waals surface area (Å²) in [7, 11) is -3.18. The minimum Gasteiger partial charge on any atom is -0.497 e. The van der Waals surface area contributed by atoms with Crippen LogP contribution in [0.5, 0.6) is 17.2 Å². The summed E-state index contributed by atoms with van der Waals surface area (Å²) < 4.78 is 48.7. The second kappa shape index (κ2) is 13.1. The number of nitrogens with two attached hydrogens (primary N) is 1. The molecule has 1 aliphatic rings. The molecule has 2 aromatic rings. The van der Waals surface area contributed by atoms with Crippen molar-refractivity contribution < 1.29 is 47.0 Å². The highest BCUT2D eigenvalue weighted by molar-refractivity contribution is 7.89. The number of hydroxylamine groups is 1. The van der Waals surface area contributed by atoms with E-state index in [4.69, 9.17) is 24.7 Å². The van der Waals surface area contributed by atoms with Gasteiger partial charge in [0.25, 0.3) is 5.91 Å². The number of hydrogen-bond acceptors (Lipinski definition) is 11. The number of hydrogen-bond donors (Lipinski definition) is 4. The molecule has 1 heterocycles. The second-order valence-electron chi connectivity index (χ2n) is 8.07. The average molecular weight is 565 g/mol. The lowest BCUT2D eigenvalue weighted by atomic mass is 10.0. The van der Waals surface area contributed by atoms with Crippen molar-refractivity contribution in [3.8, 4) is 17.2 Å². The first kappa shape index (κ1) is 29.4. The van der Waals surface area contributed by atoms with Crippen LogP contribution in [0.3, 0.4) is 0 Å². The van der Waals surface area contributed by atoms with Gasteiger partial charge in [-0.25, -0.2) is 18.7 Å². The summed E-state index contributed by atoms with van der Waals surface area (Å²) in [4.78, 5) is 37.7. The van der Waals surface area contributed by atoms with E-state index in [1.54, 1.807) is 6.07 Å². The Labute approximate surface area is 224 Å². The van der Waals surface area contributed by atoms with Crippen molar-refractivity contribution in [3.63, 3.8) is 0 Å². The van der Waals surface area contributed by atoms with E-state index in [1.165, 1.54) is 55.1 Å². The Morgan fingerprint density at radius 1 is 1.18 bits per heavy atom. The van der Waals surface area contributed by atoms with Gasteiger partial charge in [-0.15, -0.1) is 0 Å². The number of ether oxygens (including phenoxy) is 4. The molecule has 0 fully saturated rings. The van der Waals surface area contributed by atoms with Gasteiger partial charge in [-0.2, -0.15) is 4.31 Å². The Balaban J connectivity index is 2.00. The van der Waals surface area contributed by atoms with Crippen molar-refractivity contribution in [1.29, 1.82) is 0 Å². The van der Waals surface area contributed by atoms with Gasteiger partial charge in [0.05, 0.1) is 18.0 Å². The molecule has 0 aliphatic carbocycles. The van der Waals surface area contributed by atoms with E-state index < -0.39 is 53.0 Å². The molecule has 2 amide bonds.